The van der Waals surface area contributed by atoms with E-state index in [0.717, 1.165) is 5.56 Å². The number of nitrogens with zero attached hydrogens (tertiary/aromatic N) is 2. The van der Waals surface area contributed by atoms with Crippen LogP contribution in [0, 0.1) is 0 Å². The minimum Gasteiger partial charge on any atom is -0.350 e. The van der Waals surface area contributed by atoms with Gasteiger partial charge in [-0.1, -0.05) is 53.5 Å². The van der Waals surface area contributed by atoms with Crippen LogP contribution < -0.4 is 10.9 Å². The summed E-state index contributed by atoms with van der Waals surface area (Å²) in [5.41, 5.74) is 1.69. The van der Waals surface area contributed by atoms with Crippen molar-refractivity contribution in [3.63, 3.8) is 0 Å². The van der Waals surface area contributed by atoms with E-state index in [1.165, 1.54) is 11.6 Å². The lowest BCUT2D eigenvalue weighted by atomic mass is 10.0. The molecule has 0 fully saturated rings. The molecule has 7 heteroatoms. The Kier molecular flexibility index (Phi) is 5.63. The van der Waals surface area contributed by atoms with Crippen molar-refractivity contribution < 1.29 is 4.79 Å². The normalized spacial score (nSPS) is 10.7. The van der Waals surface area contributed by atoms with Gasteiger partial charge < -0.3 is 5.32 Å². The third-order valence-electron chi connectivity index (χ3n) is 3.99. The van der Waals surface area contributed by atoms with Crippen molar-refractivity contribution in [1.29, 1.82) is 0 Å². The number of hydrogen-bond acceptors (Lipinski definition) is 4. The van der Waals surface area contributed by atoms with E-state index in [2.05, 4.69) is 10.4 Å². The number of benzene rings is 2. The van der Waals surface area contributed by atoms with Gasteiger partial charge in [-0.05, 0) is 32.0 Å². The highest BCUT2D eigenvalue weighted by Gasteiger charge is 2.22. The molecule has 1 heterocycles. The van der Waals surface area contributed by atoms with Crippen LogP contribution >= 0.6 is 23.2 Å². The van der Waals surface area contributed by atoms with Crippen LogP contribution in [0.4, 0.5) is 11.4 Å². The average Bonchev–Trinajstić information content (AvgIpc) is 2.62. The van der Waals surface area contributed by atoms with Gasteiger partial charge in [0.1, 0.15) is 11.4 Å². The second kappa shape index (κ2) is 7.94. The molecule has 0 saturated carbocycles. The molecule has 0 spiro atoms. The van der Waals surface area contributed by atoms with Gasteiger partial charge in [-0.3, -0.25) is 9.59 Å². The van der Waals surface area contributed by atoms with Gasteiger partial charge in [-0.2, -0.15) is 5.10 Å². The average molecular weight is 402 g/mol. The molecule has 0 amide bonds. The van der Waals surface area contributed by atoms with Crippen LogP contribution in [0.25, 0.3) is 11.3 Å². The Morgan fingerprint density at radius 3 is 2.30 bits per heavy atom. The Balaban J connectivity index is 2.28. The summed E-state index contributed by atoms with van der Waals surface area (Å²) in [6, 6.07) is 14.1. The Morgan fingerprint density at radius 1 is 1.11 bits per heavy atom. The molecule has 0 aliphatic carbocycles. The number of rotatable bonds is 5. The highest BCUT2D eigenvalue weighted by atomic mass is 35.5. The standard InChI is InChI=1S/C20H17Cl2N3O2/c1-3-25-20(27)19(23-16-10-14(21)9-15(22)11-16)17(12(2)26)18(24-25)13-7-5-4-6-8-13/h4-11,23H,3H2,1-2H3. The quantitative estimate of drug-likeness (QED) is 0.597. The number of Topliss-reactive ketones (excluding diaryl/α,β-unsaturated/α-hetero) is 1. The smallest absolute Gasteiger partial charge is 0.291 e. The van der Waals surface area contributed by atoms with E-state index in [1.807, 2.05) is 37.3 Å². The second-order valence-corrected chi connectivity index (χ2v) is 6.80. The zero-order chi connectivity index (χ0) is 19.6. The van der Waals surface area contributed by atoms with Gasteiger partial charge >= 0.3 is 0 Å². The summed E-state index contributed by atoms with van der Waals surface area (Å²) in [5.74, 6) is -0.266. The van der Waals surface area contributed by atoms with Crippen LogP contribution in [0.1, 0.15) is 24.2 Å². The van der Waals surface area contributed by atoms with E-state index in [-0.39, 0.29) is 17.0 Å². The lowest BCUT2D eigenvalue weighted by Crippen LogP contribution is -2.28. The van der Waals surface area contributed by atoms with Crippen LogP contribution in [0.2, 0.25) is 10.0 Å². The summed E-state index contributed by atoms with van der Waals surface area (Å²) < 4.78 is 1.32. The first-order valence-electron chi connectivity index (χ1n) is 8.35. The summed E-state index contributed by atoms with van der Waals surface area (Å²) in [7, 11) is 0. The number of anilines is 2. The first kappa shape index (κ1) is 19.1. The Hall–Kier alpha value is -2.63. The lowest BCUT2D eigenvalue weighted by Gasteiger charge is -2.16. The summed E-state index contributed by atoms with van der Waals surface area (Å²) in [4.78, 5) is 25.4. The van der Waals surface area contributed by atoms with Crippen molar-refractivity contribution >= 4 is 40.4 Å². The molecule has 5 nitrogen and oxygen atoms in total. The molecule has 138 valence electrons. The molecular formula is C20H17Cl2N3O2. The fourth-order valence-corrected chi connectivity index (χ4v) is 3.34. The molecule has 0 atom stereocenters. The molecule has 27 heavy (non-hydrogen) atoms. The van der Waals surface area contributed by atoms with Crippen molar-refractivity contribution in [1.82, 2.24) is 9.78 Å². The summed E-state index contributed by atoms with van der Waals surface area (Å²) >= 11 is 12.1. The van der Waals surface area contributed by atoms with E-state index in [1.54, 1.807) is 18.2 Å². The molecule has 0 radical (unpaired) electrons. The van der Waals surface area contributed by atoms with Crippen LogP contribution in [-0.2, 0) is 6.54 Å². The number of hydrogen-bond donors (Lipinski definition) is 1. The topological polar surface area (TPSA) is 64.0 Å². The first-order valence-corrected chi connectivity index (χ1v) is 9.11. The van der Waals surface area contributed by atoms with Crippen LogP contribution in [-0.4, -0.2) is 15.6 Å². The molecule has 2 aromatic carbocycles. The number of halogens is 2. The highest BCUT2D eigenvalue weighted by molar-refractivity contribution is 6.35. The van der Waals surface area contributed by atoms with Gasteiger partial charge in [-0.25, -0.2) is 4.68 Å². The molecule has 0 aliphatic heterocycles. The predicted molar refractivity (Wildman–Crippen MR) is 109 cm³/mol. The van der Waals surface area contributed by atoms with E-state index in [4.69, 9.17) is 23.2 Å². The summed E-state index contributed by atoms with van der Waals surface area (Å²) in [6.07, 6.45) is 0. The maximum absolute atomic E-state index is 12.9. The summed E-state index contributed by atoms with van der Waals surface area (Å²) in [6.45, 7) is 3.59. The van der Waals surface area contributed by atoms with E-state index < -0.39 is 5.56 Å². The van der Waals surface area contributed by atoms with Crippen molar-refractivity contribution in [3.8, 4) is 11.3 Å². The van der Waals surface area contributed by atoms with Crippen molar-refractivity contribution in [3.05, 3.63) is 74.5 Å². The van der Waals surface area contributed by atoms with Gasteiger partial charge in [0.15, 0.2) is 5.78 Å². The van der Waals surface area contributed by atoms with Crippen molar-refractivity contribution in [2.75, 3.05) is 5.32 Å². The van der Waals surface area contributed by atoms with Gasteiger partial charge in [0.25, 0.3) is 5.56 Å². The van der Waals surface area contributed by atoms with Gasteiger partial charge in [0.2, 0.25) is 0 Å². The molecule has 0 bridgehead atoms. The lowest BCUT2D eigenvalue weighted by molar-refractivity contribution is 0.101. The predicted octanol–water partition coefficient (Wildman–Crippen LogP) is 5.18. The van der Waals surface area contributed by atoms with Crippen LogP contribution in [0.15, 0.2) is 53.3 Å². The largest absolute Gasteiger partial charge is 0.350 e. The summed E-state index contributed by atoms with van der Waals surface area (Å²) in [5, 5.41) is 8.27. The number of carbonyl (C=O) groups is 1. The highest BCUT2D eigenvalue weighted by Crippen LogP contribution is 2.29. The van der Waals surface area contributed by atoms with E-state index in [0.29, 0.717) is 28.0 Å². The van der Waals surface area contributed by atoms with Crippen molar-refractivity contribution in [2.24, 2.45) is 0 Å². The van der Waals surface area contributed by atoms with Crippen LogP contribution in [0.5, 0.6) is 0 Å². The monoisotopic (exact) mass is 401 g/mol. The molecule has 0 unspecified atom stereocenters. The Bertz CT molecular complexity index is 1040. The molecule has 3 aromatic rings. The molecule has 1 N–H and O–H groups in total. The number of aryl methyl sites for hydroxylation is 1. The second-order valence-electron chi connectivity index (χ2n) is 5.92. The molecule has 0 aliphatic rings. The molecule has 1 aromatic heterocycles. The van der Waals surface area contributed by atoms with Crippen LogP contribution in [0.3, 0.4) is 0 Å². The fourth-order valence-electron chi connectivity index (χ4n) is 2.81. The number of nitrogens with one attached hydrogen (secondary N) is 1. The zero-order valence-electron chi connectivity index (χ0n) is 14.8. The molecule has 3 rings (SSSR count). The first-order chi connectivity index (χ1) is 12.9. The van der Waals surface area contributed by atoms with Gasteiger partial charge in [0, 0.05) is 27.8 Å². The maximum atomic E-state index is 12.9. The van der Waals surface area contributed by atoms with E-state index in [9.17, 15) is 9.59 Å². The van der Waals surface area contributed by atoms with Gasteiger partial charge in [-0.15, -0.1) is 0 Å². The van der Waals surface area contributed by atoms with E-state index >= 15 is 0 Å². The Labute approximate surface area is 166 Å². The minimum atomic E-state index is -0.390. The third-order valence-corrected chi connectivity index (χ3v) is 4.42. The number of aromatic nitrogens is 2. The zero-order valence-corrected chi connectivity index (χ0v) is 16.3. The maximum Gasteiger partial charge on any atom is 0.291 e. The Morgan fingerprint density at radius 2 is 1.74 bits per heavy atom. The fraction of sp³-hybridized carbons (Fsp3) is 0.150. The third kappa shape index (κ3) is 4.04. The van der Waals surface area contributed by atoms with Gasteiger partial charge in [0.05, 0.1) is 5.56 Å². The molecule has 0 saturated heterocycles. The van der Waals surface area contributed by atoms with Crippen molar-refractivity contribution in [2.45, 2.75) is 20.4 Å². The number of ketones is 1. The minimum absolute atomic E-state index is 0.150. The SMILES string of the molecule is CCn1nc(-c2ccccc2)c(C(C)=O)c(Nc2cc(Cl)cc(Cl)c2)c1=O. The molecular weight excluding hydrogens is 385 g/mol. The number of carbonyl (C=O) groups excluding carboxylic acids is 1.